The number of benzene rings is 2. The van der Waals surface area contributed by atoms with Gasteiger partial charge in [0, 0.05) is 5.56 Å². The average molecular weight is 292 g/mol. The maximum atomic E-state index is 12.6. The van der Waals surface area contributed by atoms with Crippen LogP contribution in [0.5, 0.6) is 11.5 Å². The highest BCUT2D eigenvalue weighted by Gasteiger charge is 2.28. The second-order valence-corrected chi connectivity index (χ2v) is 6.60. The molecule has 0 aliphatic carbocycles. The molecular weight excluding hydrogens is 276 g/mol. The van der Waals surface area contributed by atoms with Crippen molar-refractivity contribution in [2.75, 3.05) is 0 Å². The highest BCUT2D eigenvalue weighted by Crippen LogP contribution is 2.41. The predicted octanol–water partition coefficient (Wildman–Crippen LogP) is 2.86. The lowest BCUT2D eigenvalue weighted by atomic mass is 10.0. The summed E-state index contributed by atoms with van der Waals surface area (Å²) in [4.78, 5) is -0.148. The molecule has 0 amide bonds. The summed E-state index contributed by atoms with van der Waals surface area (Å²) in [5.41, 5.74) is 1.00. The quantitative estimate of drug-likeness (QED) is 0.835. The van der Waals surface area contributed by atoms with E-state index in [0.29, 0.717) is 11.1 Å². The highest BCUT2D eigenvalue weighted by molar-refractivity contribution is 7.91. The van der Waals surface area contributed by atoms with Crippen molar-refractivity contribution in [3.63, 3.8) is 0 Å². The monoisotopic (exact) mass is 292 g/mol. The second-order valence-electron chi connectivity index (χ2n) is 4.72. The first kappa shape index (κ1) is 14.4. The standard InChI is InChI=1S/C15H16O4S/c1-9-10(2)14(17)15(11(3)13(9)16)20(18,19)12-7-5-4-6-8-12/h4-8,16-17H,1-3H3. The third-order valence-corrected chi connectivity index (χ3v) is 5.44. The van der Waals surface area contributed by atoms with Crippen LogP contribution in [0, 0.1) is 20.8 Å². The fourth-order valence-electron chi connectivity index (χ4n) is 2.14. The first-order chi connectivity index (χ1) is 9.28. The Morgan fingerprint density at radius 3 is 1.85 bits per heavy atom. The highest BCUT2D eigenvalue weighted by atomic mass is 32.2. The third-order valence-electron chi connectivity index (χ3n) is 3.51. The normalized spacial score (nSPS) is 11.6. The topological polar surface area (TPSA) is 74.6 Å². The van der Waals surface area contributed by atoms with Crippen molar-refractivity contribution in [1.29, 1.82) is 0 Å². The molecule has 0 unspecified atom stereocenters. The van der Waals surface area contributed by atoms with Crippen molar-refractivity contribution in [2.24, 2.45) is 0 Å². The zero-order valence-electron chi connectivity index (χ0n) is 11.5. The Kier molecular flexibility index (Phi) is 3.48. The zero-order chi connectivity index (χ0) is 15.1. The maximum absolute atomic E-state index is 12.6. The average Bonchev–Trinajstić information content (AvgIpc) is 2.44. The van der Waals surface area contributed by atoms with Crippen LogP contribution in [0.1, 0.15) is 16.7 Å². The number of hydrogen-bond acceptors (Lipinski definition) is 4. The van der Waals surface area contributed by atoms with Crippen molar-refractivity contribution in [2.45, 2.75) is 30.6 Å². The molecule has 0 heterocycles. The summed E-state index contributed by atoms with van der Waals surface area (Å²) in [6.45, 7) is 4.70. The lowest BCUT2D eigenvalue weighted by Crippen LogP contribution is -2.06. The van der Waals surface area contributed by atoms with Crippen molar-refractivity contribution in [1.82, 2.24) is 0 Å². The summed E-state index contributed by atoms with van der Waals surface area (Å²) in [5.74, 6) is -0.406. The van der Waals surface area contributed by atoms with Gasteiger partial charge >= 0.3 is 0 Å². The van der Waals surface area contributed by atoms with Crippen LogP contribution in [0.4, 0.5) is 0 Å². The van der Waals surface area contributed by atoms with E-state index in [0.717, 1.165) is 0 Å². The smallest absolute Gasteiger partial charge is 0.210 e. The van der Waals surface area contributed by atoms with Gasteiger partial charge in [-0.3, -0.25) is 0 Å². The van der Waals surface area contributed by atoms with E-state index in [1.54, 1.807) is 32.0 Å². The van der Waals surface area contributed by atoms with E-state index < -0.39 is 9.84 Å². The van der Waals surface area contributed by atoms with Crippen LogP contribution >= 0.6 is 0 Å². The molecule has 106 valence electrons. The van der Waals surface area contributed by atoms with Crippen LogP contribution in [0.3, 0.4) is 0 Å². The Bertz CT molecular complexity index is 733. The van der Waals surface area contributed by atoms with Gasteiger partial charge in [-0.2, -0.15) is 0 Å². The lowest BCUT2D eigenvalue weighted by molar-refractivity contribution is 0.434. The lowest BCUT2D eigenvalue weighted by Gasteiger charge is -2.16. The molecule has 0 aliphatic heterocycles. The molecule has 0 aliphatic rings. The van der Waals surface area contributed by atoms with E-state index in [-0.39, 0.29) is 26.9 Å². The number of rotatable bonds is 2. The minimum Gasteiger partial charge on any atom is -0.507 e. The molecule has 0 radical (unpaired) electrons. The van der Waals surface area contributed by atoms with E-state index in [4.69, 9.17) is 0 Å². The number of phenolic OH excluding ortho intramolecular Hbond substituents is 2. The molecule has 0 bridgehead atoms. The maximum Gasteiger partial charge on any atom is 0.210 e. The molecule has 2 rings (SSSR count). The number of sulfone groups is 1. The van der Waals surface area contributed by atoms with Gasteiger partial charge in [0.05, 0.1) is 4.90 Å². The SMILES string of the molecule is Cc1c(C)c(O)c(S(=O)(=O)c2ccccc2)c(C)c1O. The zero-order valence-corrected chi connectivity index (χ0v) is 12.3. The van der Waals surface area contributed by atoms with Crippen LogP contribution in [-0.2, 0) is 9.84 Å². The van der Waals surface area contributed by atoms with Crippen molar-refractivity contribution in [3.8, 4) is 11.5 Å². The first-order valence-corrected chi connectivity index (χ1v) is 7.58. The summed E-state index contributed by atoms with van der Waals surface area (Å²) >= 11 is 0. The molecular formula is C15H16O4S. The molecule has 2 N–H and O–H groups in total. The van der Waals surface area contributed by atoms with Gasteiger partial charge in [0.1, 0.15) is 16.4 Å². The summed E-state index contributed by atoms with van der Waals surface area (Å²) in [6, 6.07) is 7.85. The first-order valence-electron chi connectivity index (χ1n) is 6.10. The minimum absolute atomic E-state index is 0.0843. The van der Waals surface area contributed by atoms with Gasteiger partial charge in [-0.25, -0.2) is 8.42 Å². The van der Waals surface area contributed by atoms with E-state index >= 15 is 0 Å². The molecule has 20 heavy (non-hydrogen) atoms. The molecule has 0 aromatic heterocycles. The molecule has 2 aromatic rings. The van der Waals surface area contributed by atoms with Gasteiger partial charge in [0.15, 0.2) is 0 Å². The fourth-order valence-corrected chi connectivity index (χ4v) is 3.80. The van der Waals surface area contributed by atoms with Crippen molar-refractivity contribution < 1.29 is 18.6 Å². The Morgan fingerprint density at radius 1 is 0.800 bits per heavy atom. The number of phenols is 2. The number of aromatic hydroxyl groups is 2. The molecule has 0 fully saturated rings. The van der Waals surface area contributed by atoms with Gasteiger partial charge in [-0.1, -0.05) is 18.2 Å². The van der Waals surface area contributed by atoms with E-state index in [1.165, 1.54) is 19.1 Å². The van der Waals surface area contributed by atoms with Crippen LogP contribution in [0.15, 0.2) is 40.1 Å². The summed E-state index contributed by atoms with van der Waals surface area (Å²) in [5, 5.41) is 20.2. The second kappa shape index (κ2) is 4.83. The van der Waals surface area contributed by atoms with Gasteiger partial charge < -0.3 is 10.2 Å². The van der Waals surface area contributed by atoms with Crippen LogP contribution in [0.25, 0.3) is 0 Å². The third kappa shape index (κ3) is 2.04. The van der Waals surface area contributed by atoms with Crippen LogP contribution in [0.2, 0.25) is 0 Å². The van der Waals surface area contributed by atoms with Crippen molar-refractivity contribution >= 4 is 9.84 Å². The van der Waals surface area contributed by atoms with Crippen molar-refractivity contribution in [3.05, 3.63) is 47.0 Å². The molecule has 2 aromatic carbocycles. The molecule has 0 saturated carbocycles. The van der Waals surface area contributed by atoms with Gasteiger partial charge in [-0.05, 0) is 44.0 Å². The van der Waals surface area contributed by atoms with E-state index in [2.05, 4.69) is 0 Å². The minimum atomic E-state index is -3.87. The fraction of sp³-hybridized carbons (Fsp3) is 0.200. The van der Waals surface area contributed by atoms with E-state index in [1.807, 2.05) is 0 Å². The Labute approximate surface area is 118 Å². The molecule has 4 nitrogen and oxygen atoms in total. The largest absolute Gasteiger partial charge is 0.507 e. The predicted molar refractivity (Wildman–Crippen MR) is 75.9 cm³/mol. The molecule has 0 saturated heterocycles. The summed E-state index contributed by atoms with van der Waals surface area (Å²) < 4.78 is 25.2. The van der Waals surface area contributed by atoms with Gasteiger partial charge in [0.2, 0.25) is 9.84 Å². The van der Waals surface area contributed by atoms with E-state index in [9.17, 15) is 18.6 Å². The molecule has 0 atom stereocenters. The Hall–Kier alpha value is -2.01. The Balaban J connectivity index is 2.84. The summed E-state index contributed by atoms with van der Waals surface area (Å²) in [6.07, 6.45) is 0. The molecule has 0 spiro atoms. The van der Waals surface area contributed by atoms with Crippen LogP contribution in [-0.4, -0.2) is 18.6 Å². The Morgan fingerprint density at radius 2 is 1.30 bits per heavy atom. The molecule has 5 heteroatoms. The van der Waals surface area contributed by atoms with Gasteiger partial charge in [0.25, 0.3) is 0 Å². The van der Waals surface area contributed by atoms with Gasteiger partial charge in [-0.15, -0.1) is 0 Å². The number of hydrogen-bond donors (Lipinski definition) is 2. The summed E-state index contributed by atoms with van der Waals surface area (Å²) in [7, 11) is -3.87. The van der Waals surface area contributed by atoms with Crippen LogP contribution < -0.4 is 0 Å².